The SMILES string of the molecule is C=CCn1c(SC2CCCCC2O)nnc1-c1cccnc1. The Bertz CT molecular complexity index is 628. The van der Waals surface area contributed by atoms with Crippen LogP contribution in [-0.4, -0.2) is 36.2 Å². The fourth-order valence-electron chi connectivity index (χ4n) is 2.73. The first kappa shape index (κ1) is 15.2. The van der Waals surface area contributed by atoms with Crippen molar-refractivity contribution in [2.75, 3.05) is 0 Å². The van der Waals surface area contributed by atoms with Crippen LogP contribution in [0.1, 0.15) is 25.7 Å². The van der Waals surface area contributed by atoms with E-state index in [1.807, 2.05) is 22.8 Å². The molecule has 2 heterocycles. The number of aliphatic hydroxyl groups is 1. The van der Waals surface area contributed by atoms with Crippen molar-refractivity contribution in [2.24, 2.45) is 0 Å². The quantitative estimate of drug-likeness (QED) is 0.859. The second kappa shape index (κ2) is 7.07. The Morgan fingerprint density at radius 2 is 2.23 bits per heavy atom. The van der Waals surface area contributed by atoms with E-state index in [9.17, 15) is 5.11 Å². The molecule has 116 valence electrons. The predicted octanol–water partition coefficient (Wildman–Crippen LogP) is 2.92. The van der Waals surface area contributed by atoms with Crippen LogP contribution in [0.5, 0.6) is 0 Å². The molecule has 0 spiro atoms. The van der Waals surface area contributed by atoms with Crippen molar-refractivity contribution >= 4 is 11.8 Å². The summed E-state index contributed by atoms with van der Waals surface area (Å²) in [6.45, 7) is 4.46. The Hall–Kier alpha value is -1.66. The van der Waals surface area contributed by atoms with Crippen LogP contribution in [-0.2, 0) is 6.54 Å². The van der Waals surface area contributed by atoms with Crippen LogP contribution in [0, 0.1) is 0 Å². The summed E-state index contributed by atoms with van der Waals surface area (Å²) in [5.74, 6) is 0.792. The molecule has 2 aromatic rings. The minimum atomic E-state index is -0.255. The number of thioether (sulfide) groups is 1. The number of aliphatic hydroxyl groups excluding tert-OH is 1. The lowest BCUT2D eigenvalue weighted by Gasteiger charge is -2.26. The molecule has 0 amide bonds. The van der Waals surface area contributed by atoms with Crippen molar-refractivity contribution in [2.45, 2.75) is 48.7 Å². The average molecular weight is 316 g/mol. The molecule has 0 bridgehead atoms. The summed E-state index contributed by atoms with van der Waals surface area (Å²) in [6.07, 6.45) is 9.29. The summed E-state index contributed by atoms with van der Waals surface area (Å²) >= 11 is 1.63. The molecule has 0 radical (unpaired) electrons. The average Bonchev–Trinajstić information content (AvgIpc) is 2.94. The molecule has 2 aromatic heterocycles. The van der Waals surface area contributed by atoms with Crippen LogP contribution < -0.4 is 0 Å². The van der Waals surface area contributed by atoms with Gasteiger partial charge in [0.05, 0.1) is 6.10 Å². The first-order valence-electron chi connectivity index (χ1n) is 7.59. The molecule has 1 aliphatic rings. The Morgan fingerprint density at radius 3 is 2.95 bits per heavy atom. The van der Waals surface area contributed by atoms with Crippen molar-refractivity contribution < 1.29 is 5.11 Å². The van der Waals surface area contributed by atoms with Crippen LogP contribution in [0.2, 0.25) is 0 Å². The normalized spacial score (nSPS) is 21.7. The highest BCUT2D eigenvalue weighted by Gasteiger charge is 2.26. The van der Waals surface area contributed by atoms with Crippen LogP contribution >= 0.6 is 11.8 Å². The summed E-state index contributed by atoms with van der Waals surface area (Å²) in [5.41, 5.74) is 0.938. The molecule has 1 N–H and O–H groups in total. The molecular formula is C16H20N4OS. The first-order valence-corrected chi connectivity index (χ1v) is 8.47. The number of rotatable bonds is 5. The molecule has 3 rings (SSSR count). The Labute approximate surface area is 134 Å². The second-order valence-corrected chi connectivity index (χ2v) is 6.66. The van der Waals surface area contributed by atoms with Crippen LogP contribution in [0.15, 0.2) is 42.3 Å². The smallest absolute Gasteiger partial charge is 0.192 e. The maximum absolute atomic E-state index is 10.2. The highest BCUT2D eigenvalue weighted by molar-refractivity contribution is 7.99. The van der Waals surface area contributed by atoms with Gasteiger partial charge in [0, 0.05) is 29.8 Å². The number of aromatic nitrogens is 4. The lowest BCUT2D eigenvalue weighted by Crippen LogP contribution is -2.27. The van der Waals surface area contributed by atoms with Gasteiger partial charge in [-0.25, -0.2) is 0 Å². The lowest BCUT2D eigenvalue weighted by atomic mass is 9.97. The lowest BCUT2D eigenvalue weighted by molar-refractivity contribution is 0.137. The maximum Gasteiger partial charge on any atom is 0.192 e. The van der Waals surface area contributed by atoms with E-state index in [0.29, 0.717) is 6.54 Å². The van der Waals surface area contributed by atoms with E-state index in [1.54, 1.807) is 24.2 Å². The summed E-state index contributed by atoms with van der Waals surface area (Å²) < 4.78 is 2.04. The van der Waals surface area contributed by atoms with Gasteiger partial charge in [-0.1, -0.05) is 30.7 Å². The molecule has 1 saturated carbocycles. The molecular weight excluding hydrogens is 296 g/mol. The zero-order valence-electron chi connectivity index (χ0n) is 12.4. The zero-order valence-corrected chi connectivity index (χ0v) is 13.2. The molecule has 5 nitrogen and oxygen atoms in total. The molecule has 1 aliphatic carbocycles. The number of pyridine rings is 1. The third-order valence-electron chi connectivity index (χ3n) is 3.87. The standard InChI is InChI=1S/C16H20N4OS/c1-2-10-20-15(12-6-5-9-17-11-12)18-19-16(20)22-14-8-4-3-7-13(14)21/h2,5-6,9,11,13-14,21H,1,3-4,7-8,10H2. The molecule has 1 fully saturated rings. The molecule has 6 heteroatoms. The number of allylic oxidation sites excluding steroid dienone is 1. The Kier molecular flexibility index (Phi) is 4.90. The van der Waals surface area contributed by atoms with Gasteiger partial charge in [-0.3, -0.25) is 9.55 Å². The zero-order chi connectivity index (χ0) is 15.4. The largest absolute Gasteiger partial charge is 0.392 e. The number of hydrogen-bond acceptors (Lipinski definition) is 5. The fourth-order valence-corrected chi connectivity index (χ4v) is 3.95. The van der Waals surface area contributed by atoms with Crippen molar-refractivity contribution in [1.29, 1.82) is 0 Å². The fraction of sp³-hybridized carbons (Fsp3) is 0.438. The maximum atomic E-state index is 10.2. The number of hydrogen-bond donors (Lipinski definition) is 1. The molecule has 0 saturated heterocycles. The van der Waals surface area contributed by atoms with Gasteiger partial charge in [-0.05, 0) is 25.0 Å². The van der Waals surface area contributed by atoms with E-state index in [0.717, 1.165) is 35.8 Å². The Morgan fingerprint density at radius 1 is 1.36 bits per heavy atom. The van der Waals surface area contributed by atoms with Gasteiger partial charge in [-0.15, -0.1) is 16.8 Å². The number of nitrogens with zero attached hydrogens (tertiary/aromatic N) is 4. The summed E-state index contributed by atoms with van der Waals surface area (Å²) in [6, 6.07) is 3.86. The summed E-state index contributed by atoms with van der Waals surface area (Å²) in [4.78, 5) is 4.15. The topological polar surface area (TPSA) is 63.8 Å². The van der Waals surface area contributed by atoms with Gasteiger partial charge >= 0.3 is 0 Å². The second-order valence-electron chi connectivity index (χ2n) is 5.46. The van der Waals surface area contributed by atoms with E-state index in [4.69, 9.17) is 0 Å². The van der Waals surface area contributed by atoms with Crippen molar-refractivity contribution in [3.63, 3.8) is 0 Å². The molecule has 0 aliphatic heterocycles. The monoisotopic (exact) mass is 316 g/mol. The van der Waals surface area contributed by atoms with E-state index in [1.165, 1.54) is 6.42 Å². The van der Waals surface area contributed by atoms with Gasteiger partial charge in [-0.2, -0.15) is 0 Å². The van der Waals surface area contributed by atoms with E-state index < -0.39 is 0 Å². The van der Waals surface area contributed by atoms with E-state index in [2.05, 4.69) is 21.8 Å². The summed E-state index contributed by atoms with van der Waals surface area (Å²) in [5, 5.41) is 19.8. The van der Waals surface area contributed by atoms with Crippen LogP contribution in [0.25, 0.3) is 11.4 Å². The molecule has 22 heavy (non-hydrogen) atoms. The van der Waals surface area contributed by atoms with E-state index in [-0.39, 0.29) is 11.4 Å². The van der Waals surface area contributed by atoms with Crippen molar-refractivity contribution in [3.05, 3.63) is 37.2 Å². The van der Waals surface area contributed by atoms with Gasteiger partial charge in [0.15, 0.2) is 11.0 Å². The third kappa shape index (κ3) is 3.23. The van der Waals surface area contributed by atoms with Gasteiger partial charge in [0.25, 0.3) is 0 Å². The minimum absolute atomic E-state index is 0.197. The highest BCUT2D eigenvalue weighted by Crippen LogP contribution is 2.34. The third-order valence-corrected chi connectivity index (χ3v) is 5.24. The first-order chi connectivity index (χ1) is 10.8. The summed E-state index contributed by atoms with van der Waals surface area (Å²) in [7, 11) is 0. The van der Waals surface area contributed by atoms with Crippen LogP contribution in [0.3, 0.4) is 0 Å². The van der Waals surface area contributed by atoms with E-state index >= 15 is 0 Å². The van der Waals surface area contributed by atoms with Crippen molar-refractivity contribution in [3.8, 4) is 11.4 Å². The predicted molar refractivity (Wildman–Crippen MR) is 87.6 cm³/mol. The minimum Gasteiger partial charge on any atom is -0.392 e. The van der Waals surface area contributed by atoms with Gasteiger partial charge < -0.3 is 5.11 Å². The van der Waals surface area contributed by atoms with Crippen molar-refractivity contribution in [1.82, 2.24) is 19.7 Å². The highest BCUT2D eigenvalue weighted by atomic mass is 32.2. The molecule has 2 unspecified atom stereocenters. The molecule has 0 aromatic carbocycles. The Balaban J connectivity index is 1.88. The molecule has 2 atom stereocenters. The van der Waals surface area contributed by atoms with Gasteiger partial charge in [0.2, 0.25) is 0 Å². The van der Waals surface area contributed by atoms with Crippen LogP contribution in [0.4, 0.5) is 0 Å². The van der Waals surface area contributed by atoms with Gasteiger partial charge in [0.1, 0.15) is 0 Å².